The first-order chi connectivity index (χ1) is 9.88. The number of aromatic nitrogens is 1. The highest BCUT2D eigenvalue weighted by Gasteiger charge is 2.26. The molecule has 1 fully saturated rings. The molecule has 0 saturated carbocycles. The summed E-state index contributed by atoms with van der Waals surface area (Å²) in [6.07, 6.45) is 5.73. The molecule has 2 nitrogen and oxygen atoms in total. The van der Waals surface area contributed by atoms with Crippen LogP contribution >= 0.6 is 11.8 Å². The largest absolute Gasteiger partial charge is 0.309 e. The Morgan fingerprint density at radius 1 is 1.40 bits per heavy atom. The maximum Gasteiger partial charge on any atom is 0.0702 e. The Morgan fingerprint density at radius 2 is 2.35 bits per heavy atom. The van der Waals surface area contributed by atoms with E-state index in [0.717, 1.165) is 17.3 Å². The van der Waals surface area contributed by atoms with Crippen LogP contribution in [0.15, 0.2) is 36.5 Å². The summed E-state index contributed by atoms with van der Waals surface area (Å²) in [5.74, 6) is 1.31. The van der Waals surface area contributed by atoms with Gasteiger partial charge in [0.15, 0.2) is 0 Å². The number of fused-ring (bicyclic) bond motifs is 1. The number of pyridine rings is 1. The third-order valence-corrected chi connectivity index (χ3v) is 5.40. The van der Waals surface area contributed by atoms with E-state index in [2.05, 4.69) is 53.3 Å². The van der Waals surface area contributed by atoms with Gasteiger partial charge in [-0.2, -0.15) is 11.8 Å². The molecule has 2 aromatic rings. The molecular formula is C17H22N2S. The van der Waals surface area contributed by atoms with Crippen LogP contribution in [0, 0.1) is 0 Å². The molecule has 1 aliphatic rings. The number of rotatable bonds is 5. The molecule has 0 spiro atoms. The first-order valence-corrected chi connectivity index (χ1v) is 8.63. The molecule has 1 aromatic heterocycles. The van der Waals surface area contributed by atoms with Gasteiger partial charge in [0, 0.05) is 22.9 Å². The number of hydrogen-bond acceptors (Lipinski definition) is 3. The highest BCUT2D eigenvalue weighted by atomic mass is 32.2. The van der Waals surface area contributed by atoms with Crippen molar-refractivity contribution in [3.05, 3.63) is 42.1 Å². The van der Waals surface area contributed by atoms with Crippen LogP contribution in [0.2, 0.25) is 0 Å². The Balaban J connectivity index is 1.90. The molecule has 1 saturated heterocycles. The lowest BCUT2D eigenvalue weighted by atomic mass is 9.99. The number of benzene rings is 1. The molecule has 0 aliphatic carbocycles. The predicted octanol–water partition coefficient (Wildman–Crippen LogP) is 4.17. The molecule has 2 unspecified atom stereocenters. The van der Waals surface area contributed by atoms with Crippen molar-refractivity contribution in [3.8, 4) is 0 Å². The first kappa shape index (κ1) is 13.9. The lowest BCUT2D eigenvalue weighted by Crippen LogP contribution is -2.29. The van der Waals surface area contributed by atoms with Gasteiger partial charge < -0.3 is 5.32 Å². The standard InChI is InChI=1S/C17H22N2S/c1-2-9-19-17(16-6-4-11-20-16)14-7-8-15-13(12-14)5-3-10-18-15/h3,5,7-8,10,12,16-17,19H,2,4,6,9,11H2,1H3. The predicted molar refractivity (Wildman–Crippen MR) is 88.3 cm³/mol. The van der Waals surface area contributed by atoms with Crippen LogP contribution in [0.4, 0.5) is 0 Å². The summed E-state index contributed by atoms with van der Waals surface area (Å²) < 4.78 is 0. The van der Waals surface area contributed by atoms with E-state index < -0.39 is 0 Å². The topological polar surface area (TPSA) is 24.9 Å². The number of nitrogens with one attached hydrogen (secondary N) is 1. The van der Waals surface area contributed by atoms with Crippen molar-refractivity contribution in [1.82, 2.24) is 10.3 Å². The van der Waals surface area contributed by atoms with E-state index in [1.54, 1.807) is 0 Å². The van der Waals surface area contributed by atoms with Gasteiger partial charge in [0.2, 0.25) is 0 Å². The highest BCUT2D eigenvalue weighted by molar-refractivity contribution is 8.00. The maximum absolute atomic E-state index is 4.42. The quantitative estimate of drug-likeness (QED) is 0.893. The summed E-state index contributed by atoms with van der Waals surface area (Å²) in [7, 11) is 0. The molecule has 1 aliphatic heterocycles. The van der Waals surface area contributed by atoms with Crippen LogP contribution in [-0.4, -0.2) is 22.5 Å². The molecule has 20 heavy (non-hydrogen) atoms. The Labute approximate surface area is 125 Å². The molecule has 3 heteroatoms. The molecule has 0 radical (unpaired) electrons. The number of nitrogens with zero attached hydrogens (tertiary/aromatic N) is 1. The van der Waals surface area contributed by atoms with Crippen molar-refractivity contribution in [2.75, 3.05) is 12.3 Å². The summed E-state index contributed by atoms with van der Waals surface area (Å²) in [6.45, 7) is 3.32. The molecule has 1 aromatic carbocycles. The van der Waals surface area contributed by atoms with E-state index in [4.69, 9.17) is 0 Å². The molecule has 2 atom stereocenters. The zero-order chi connectivity index (χ0) is 13.8. The van der Waals surface area contributed by atoms with Crippen LogP contribution in [-0.2, 0) is 0 Å². The van der Waals surface area contributed by atoms with E-state index in [0.29, 0.717) is 6.04 Å². The highest BCUT2D eigenvalue weighted by Crippen LogP contribution is 2.36. The van der Waals surface area contributed by atoms with Crippen molar-refractivity contribution in [2.45, 2.75) is 37.5 Å². The van der Waals surface area contributed by atoms with Gasteiger partial charge >= 0.3 is 0 Å². The fourth-order valence-electron chi connectivity index (χ4n) is 2.92. The van der Waals surface area contributed by atoms with E-state index in [-0.39, 0.29) is 0 Å². The van der Waals surface area contributed by atoms with E-state index in [1.165, 1.54) is 36.0 Å². The molecule has 106 valence electrons. The fourth-order valence-corrected chi connectivity index (χ4v) is 4.33. The third kappa shape index (κ3) is 2.99. The second-order valence-electron chi connectivity index (χ2n) is 5.44. The van der Waals surface area contributed by atoms with Gasteiger partial charge in [0.25, 0.3) is 0 Å². The first-order valence-electron chi connectivity index (χ1n) is 7.58. The zero-order valence-corrected chi connectivity index (χ0v) is 12.8. The summed E-state index contributed by atoms with van der Waals surface area (Å²) in [6, 6.07) is 11.4. The summed E-state index contributed by atoms with van der Waals surface area (Å²) in [5.41, 5.74) is 2.50. The molecule has 0 amide bonds. The molecule has 0 bridgehead atoms. The lowest BCUT2D eigenvalue weighted by molar-refractivity contribution is 0.504. The van der Waals surface area contributed by atoms with Crippen LogP contribution in [0.5, 0.6) is 0 Å². The van der Waals surface area contributed by atoms with Crippen molar-refractivity contribution < 1.29 is 0 Å². The second kappa shape index (κ2) is 6.59. The zero-order valence-electron chi connectivity index (χ0n) is 12.0. The van der Waals surface area contributed by atoms with E-state index in [1.807, 2.05) is 12.3 Å². The van der Waals surface area contributed by atoms with Crippen LogP contribution < -0.4 is 5.32 Å². The molecule has 1 N–H and O–H groups in total. The Kier molecular flexibility index (Phi) is 4.58. The Bertz CT molecular complexity index is 564. The van der Waals surface area contributed by atoms with Crippen molar-refractivity contribution in [3.63, 3.8) is 0 Å². The number of thioether (sulfide) groups is 1. The van der Waals surface area contributed by atoms with Gasteiger partial charge in [0.05, 0.1) is 5.52 Å². The van der Waals surface area contributed by atoms with Gasteiger partial charge in [-0.15, -0.1) is 0 Å². The lowest BCUT2D eigenvalue weighted by Gasteiger charge is -2.25. The monoisotopic (exact) mass is 286 g/mol. The minimum Gasteiger partial charge on any atom is -0.309 e. The van der Waals surface area contributed by atoms with Crippen molar-refractivity contribution in [1.29, 1.82) is 0 Å². The van der Waals surface area contributed by atoms with Crippen LogP contribution in [0.25, 0.3) is 10.9 Å². The minimum atomic E-state index is 0.479. The van der Waals surface area contributed by atoms with Gasteiger partial charge in [-0.1, -0.05) is 19.1 Å². The minimum absolute atomic E-state index is 0.479. The Hall–Kier alpha value is -1.06. The second-order valence-corrected chi connectivity index (χ2v) is 6.79. The van der Waals surface area contributed by atoms with Gasteiger partial charge in [-0.05, 0) is 55.3 Å². The van der Waals surface area contributed by atoms with Crippen molar-refractivity contribution >= 4 is 22.7 Å². The van der Waals surface area contributed by atoms with Gasteiger partial charge in [-0.25, -0.2) is 0 Å². The smallest absolute Gasteiger partial charge is 0.0702 e. The van der Waals surface area contributed by atoms with Crippen molar-refractivity contribution in [2.24, 2.45) is 0 Å². The normalized spacial score (nSPS) is 20.4. The average Bonchev–Trinajstić information content (AvgIpc) is 3.02. The summed E-state index contributed by atoms with van der Waals surface area (Å²) in [4.78, 5) is 4.42. The average molecular weight is 286 g/mol. The van der Waals surface area contributed by atoms with E-state index in [9.17, 15) is 0 Å². The molecule has 2 heterocycles. The molecule has 3 rings (SSSR count). The fraction of sp³-hybridized carbons (Fsp3) is 0.471. The maximum atomic E-state index is 4.42. The number of hydrogen-bond donors (Lipinski definition) is 1. The molecular weight excluding hydrogens is 264 g/mol. The SMILES string of the molecule is CCCNC(c1ccc2ncccc2c1)C1CCCS1. The summed E-state index contributed by atoms with van der Waals surface area (Å²) in [5, 5.41) is 5.72. The van der Waals surface area contributed by atoms with Gasteiger partial charge in [0.1, 0.15) is 0 Å². The van der Waals surface area contributed by atoms with Crippen LogP contribution in [0.1, 0.15) is 37.8 Å². The Morgan fingerprint density at radius 3 is 3.15 bits per heavy atom. The van der Waals surface area contributed by atoms with E-state index >= 15 is 0 Å². The van der Waals surface area contributed by atoms with Gasteiger partial charge in [-0.3, -0.25) is 4.98 Å². The van der Waals surface area contributed by atoms with Crippen LogP contribution in [0.3, 0.4) is 0 Å². The summed E-state index contributed by atoms with van der Waals surface area (Å²) >= 11 is 2.12. The third-order valence-electron chi connectivity index (χ3n) is 3.94.